The summed E-state index contributed by atoms with van der Waals surface area (Å²) in [6, 6.07) is 0. The largest absolute Gasteiger partial charge is 0.393 e. The van der Waals surface area contributed by atoms with Crippen molar-refractivity contribution in [3.63, 3.8) is 0 Å². The zero-order valence-electron chi connectivity index (χ0n) is 8.28. The van der Waals surface area contributed by atoms with Crippen LogP contribution in [0.2, 0.25) is 0 Å². The monoisotopic (exact) mass is 206 g/mol. The van der Waals surface area contributed by atoms with Crippen molar-refractivity contribution in [1.82, 2.24) is 0 Å². The molecule has 0 fully saturated rings. The Morgan fingerprint density at radius 3 is 2.38 bits per heavy atom. The van der Waals surface area contributed by atoms with E-state index in [2.05, 4.69) is 0 Å². The molecule has 0 aromatic heterocycles. The predicted octanol–water partition coefficient (Wildman–Crippen LogP) is 2.08. The van der Waals surface area contributed by atoms with Gasteiger partial charge in [-0.3, -0.25) is 0 Å². The van der Waals surface area contributed by atoms with E-state index < -0.39 is 12.2 Å². The van der Waals surface area contributed by atoms with Gasteiger partial charge in [-0.05, 0) is 19.8 Å². The summed E-state index contributed by atoms with van der Waals surface area (Å²) < 4.78 is 0. The number of hydrogen-bond donors (Lipinski definition) is 2. The number of allylic oxidation sites excluding steroid dienone is 2. The minimum absolute atomic E-state index is 0.294. The molecule has 0 radical (unpaired) electrons. The summed E-state index contributed by atoms with van der Waals surface area (Å²) in [6.07, 6.45) is 4.84. The first kappa shape index (κ1) is 12.9. The highest BCUT2D eigenvalue weighted by Gasteiger charge is 2.16. The van der Waals surface area contributed by atoms with Gasteiger partial charge in [0.2, 0.25) is 0 Å². The van der Waals surface area contributed by atoms with Crippen molar-refractivity contribution in [2.24, 2.45) is 0 Å². The Kier molecular flexibility index (Phi) is 7.33. The molecule has 3 heteroatoms. The van der Waals surface area contributed by atoms with Gasteiger partial charge in [0.1, 0.15) is 0 Å². The van der Waals surface area contributed by atoms with Crippen molar-refractivity contribution in [2.75, 3.05) is 0 Å². The highest BCUT2D eigenvalue weighted by atomic mass is 35.5. The van der Waals surface area contributed by atoms with E-state index in [9.17, 15) is 5.11 Å². The van der Waals surface area contributed by atoms with Gasteiger partial charge in [0, 0.05) is 6.42 Å². The summed E-state index contributed by atoms with van der Waals surface area (Å²) in [7, 11) is 0. The van der Waals surface area contributed by atoms with Crippen LogP contribution in [0.1, 0.15) is 33.1 Å². The zero-order valence-corrected chi connectivity index (χ0v) is 9.04. The molecule has 0 spiro atoms. The number of aliphatic hydroxyl groups is 2. The van der Waals surface area contributed by atoms with E-state index in [0.717, 1.165) is 6.42 Å². The molecule has 0 aliphatic rings. The lowest BCUT2D eigenvalue weighted by molar-refractivity contribution is 0.0881. The topological polar surface area (TPSA) is 40.5 Å². The van der Waals surface area contributed by atoms with Crippen LogP contribution in [0.3, 0.4) is 0 Å². The van der Waals surface area contributed by atoms with Crippen LogP contribution in [0, 0.1) is 0 Å². The molecule has 13 heavy (non-hydrogen) atoms. The number of hydrogen-bond acceptors (Lipinski definition) is 2. The Morgan fingerprint density at radius 1 is 1.31 bits per heavy atom. The lowest BCUT2D eigenvalue weighted by atomic mass is 10.1. The fourth-order valence-electron chi connectivity index (χ4n) is 1.05. The summed E-state index contributed by atoms with van der Waals surface area (Å²) >= 11 is 5.90. The summed E-state index contributed by atoms with van der Waals surface area (Å²) in [4.78, 5) is 0. The average Bonchev–Trinajstić information content (AvgIpc) is 2.03. The Hall–Kier alpha value is -0.0500. The van der Waals surface area contributed by atoms with Gasteiger partial charge in [-0.1, -0.05) is 19.1 Å². The fraction of sp³-hybridized carbons (Fsp3) is 0.800. The third-order valence-electron chi connectivity index (χ3n) is 1.76. The van der Waals surface area contributed by atoms with Crippen LogP contribution in [0.15, 0.2) is 12.2 Å². The molecule has 3 atom stereocenters. The van der Waals surface area contributed by atoms with Gasteiger partial charge in [-0.2, -0.15) is 0 Å². The number of rotatable bonds is 6. The molecule has 0 bridgehead atoms. The molecule has 2 N–H and O–H groups in total. The minimum Gasteiger partial charge on any atom is -0.393 e. The predicted molar refractivity (Wildman–Crippen MR) is 56.0 cm³/mol. The van der Waals surface area contributed by atoms with Gasteiger partial charge in [0.25, 0.3) is 0 Å². The molecular formula is C10H19ClO2. The molecule has 0 rings (SSSR count). The summed E-state index contributed by atoms with van der Waals surface area (Å²) in [5, 5.41) is 18.2. The Balaban J connectivity index is 3.68. The van der Waals surface area contributed by atoms with Gasteiger partial charge >= 0.3 is 0 Å². The molecular weight excluding hydrogens is 188 g/mol. The molecule has 2 nitrogen and oxygen atoms in total. The van der Waals surface area contributed by atoms with E-state index in [0.29, 0.717) is 12.8 Å². The third kappa shape index (κ3) is 7.05. The minimum atomic E-state index is -0.622. The molecule has 0 aromatic carbocycles. The van der Waals surface area contributed by atoms with Crippen LogP contribution in [0.4, 0.5) is 0 Å². The van der Waals surface area contributed by atoms with E-state index in [1.54, 1.807) is 6.92 Å². The van der Waals surface area contributed by atoms with Crippen molar-refractivity contribution in [3.05, 3.63) is 12.2 Å². The molecule has 78 valence electrons. The Bertz CT molecular complexity index is 146. The van der Waals surface area contributed by atoms with Crippen LogP contribution in [0.5, 0.6) is 0 Å². The molecule has 0 aliphatic heterocycles. The van der Waals surface area contributed by atoms with Crippen LogP contribution in [0.25, 0.3) is 0 Å². The Labute approximate surface area is 85.2 Å². The average molecular weight is 207 g/mol. The standard InChI is InChI=1S/C10H19ClO2/c1-3-4-5-6-9(11)10(13)7-8(2)12/h4-5,8-10,12-13H,3,6-7H2,1-2H3/t8-,9+,10-/m0/s1. The van der Waals surface area contributed by atoms with Crippen LogP contribution in [-0.2, 0) is 0 Å². The number of halogens is 1. The fourth-order valence-corrected chi connectivity index (χ4v) is 1.25. The molecule has 0 unspecified atom stereocenters. The summed E-state index contributed by atoms with van der Waals surface area (Å²) in [6.45, 7) is 3.70. The molecule has 0 aromatic rings. The van der Waals surface area contributed by atoms with E-state index in [1.165, 1.54) is 0 Å². The van der Waals surface area contributed by atoms with Gasteiger partial charge in [-0.15, -0.1) is 11.6 Å². The van der Waals surface area contributed by atoms with Crippen molar-refractivity contribution >= 4 is 11.6 Å². The second-order valence-corrected chi connectivity index (χ2v) is 3.84. The molecule has 0 saturated carbocycles. The van der Waals surface area contributed by atoms with Gasteiger partial charge in [0.15, 0.2) is 0 Å². The first-order valence-electron chi connectivity index (χ1n) is 4.73. The quantitative estimate of drug-likeness (QED) is 0.516. The molecule has 0 heterocycles. The highest BCUT2D eigenvalue weighted by molar-refractivity contribution is 6.21. The maximum atomic E-state index is 9.46. The van der Waals surface area contributed by atoms with Crippen molar-refractivity contribution in [3.8, 4) is 0 Å². The van der Waals surface area contributed by atoms with Crippen molar-refractivity contribution < 1.29 is 10.2 Å². The van der Waals surface area contributed by atoms with Gasteiger partial charge in [0.05, 0.1) is 17.6 Å². The van der Waals surface area contributed by atoms with Crippen molar-refractivity contribution in [2.45, 2.75) is 50.7 Å². The first-order chi connectivity index (χ1) is 6.07. The van der Waals surface area contributed by atoms with Crippen LogP contribution < -0.4 is 0 Å². The smallest absolute Gasteiger partial charge is 0.0731 e. The molecule has 0 aliphatic carbocycles. The maximum absolute atomic E-state index is 9.46. The third-order valence-corrected chi connectivity index (χ3v) is 2.23. The number of aliphatic hydroxyl groups excluding tert-OH is 2. The van der Waals surface area contributed by atoms with Gasteiger partial charge in [-0.25, -0.2) is 0 Å². The normalized spacial score (nSPS) is 18.8. The van der Waals surface area contributed by atoms with E-state index in [-0.39, 0.29) is 5.38 Å². The summed E-state index contributed by atoms with van der Waals surface area (Å²) in [5.41, 5.74) is 0. The molecule has 0 amide bonds. The van der Waals surface area contributed by atoms with Crippen LogP contribution in [-0.4, -0.2) is 27.8 Å². The van der Waals surface area contributed by atoms with Gasteiger partial charge < -0.3 is 10.2 Å². The van der Waals surface area contributed by atoms with Crippen LogP contribution >= 0.6 is 11.6 Å². The Morgan fingerprint density at radius 2 is 1.92 bits per heavy atom. The van der Waals surface area contributed by atoms with E-state index >= 15 is 0 Å². The van der Waals surface area contributed by atoms with Crippen molar-refractivity contribution in [1.29, 1.82) is 0 Å². The lowest BCUT2D eigenvalue weighted by Crippen LogP contribution is -2.24. The van der Waals surface area contributed by atoms with E-state index in [4.69, 9.17) is 16.7 Å². The zero-order chi connectivity index (χ0) is 10.3. The van der Waals surface area contributed by atoms with E-state index in [1.807, 2.05) is 19.1 Å². The maximum Gasteiger partial charge on any atom is 0.0731 e. The number of alkyl halides is 1. The molecule has 0 saturated heterocycles. The highest BCUT2D eigenvalue weighted by Crippen LogP contribution is 2.13. The summed E-state index contributed by atoms with van der Waals surface area (Å²) in [5.74, 6) is 0. The second-order valence-electron chi connectivity index (χ2n) is 3.28. The lowest BCUT2D eigenvalue weighted by Gasteiger charge is -2.16. The SMILES string of the molecule is CCC=CC[C@@H](Cl)[C@@H](O)C[C@H](C)O. The second kappa shape index (κ2) is 7.36. The first-order valence-corrected chi connectivity index (χ1v) is 5.16.